The maximum Gasteiger partial charge on any atom is 0.123 e. The van der Waals surface area contributed by atoms with Gasteiger partial charge >= 0.3 is 0 Å². The average molecular weight is 295 g/mol. The molecule has 0 fully saturated rings. The first-order chi connectivity index (χ1) is 6.50. The Balaban J connectivity index is 0.00000196. The number of benzene rings is 1. The molecule has 4 heteroatoms. The number of halogens is 3. The minimum atomic E-state index is -0.264. The van der Waals surface area contributed by atoms with Crippen LogP contribution in [0.15, 0.2) is 34.8 Å². The molecule has 0 unspecified atom stereocenters. The van der Waals surface area contributed by atoms with Gasteiger partial charge < -0.3 is 5.73 Å². The molecule has 0 saturated heterocycles. The van der Waals surface area contributed by atoms with Crippen LogP contribution in [0.1, 0.15) is 24.9 Å². The predicted molar refractivity (Wildman–Crippen MR) is 67.7 cm³/mol. The van der Waals surface area contributed by atoms with Crippen LogP contribution < -0.4 is 5.73 Å². The average Bonchev–Trinajstić information content (AvgIpc) is 2.08. The second kappa shape index (κ2) is 6.26. The Morgan fingerprint density at radius 3 is 2.73 bits per heavy atom. The van der Waals surface area contributed by atoms with Gasteiger partial charge in [-0.25, -0.2) is 4.39 Å². The van der Waals surface area contributed by atoms with Crippen molar-refractivity contribution in [2.75, 3.05) is 0 Å². The summed E-state index contributed by atoms with van der Waals surface area (Å²) >= 11 is 3.34. The monoisotopic (exact) mass is 293 g/mol. The van der Waals surface area contributed by atoms with E-state index in [0.717, 1.165) is 15.6 Å². The van der Waals surface area contributed by atoms with Gasteiger partial charge in [-0.15, -0.1) is 19.0 Å². The van der Waals surface area contributed by atoms with E-state index >= 15 is 0 Å². The van der Waals surface area contributed by atoms with Crippen molar-refractivity contribution in [1.82, 2.24) is 0 Å². The van der Waals surface area contributed by atoms with Crippen molar-refractivity contribution in [3.8, 4) is 0 Å². The second-order valence-electron chi connectivity index (χ2n) is 3.43. The highest BCUT2D eigenvalue weighted by Crippen LogP contribution is 2.26. The fourth-order valence-corrected chi connectivity index (χ4v) is 1.82. The molecule has 1 atom stereocenters. The van der Waals surface area contributed by atoms with Gasteiger partial charge in [0, 0.05) is 10.5 Å². The van der Waals surface area contributed by atoms with Crippen LogP contribution in [0.4, 0.5) is 4.39 Å². The van der Waals surface area contributed by atoms with Gasteiger partial charge in [-0.3, -0.25) is 0 Å². The molecule has 0 spiro atoms. The Hall–Kier alpha value is -0.380. The lowest BCUT2D eigenvalue weighted by atomic mass is 10.0. The van der Waals surface area contributed by atoms with Gasteiger partial charge in [-0.2, -0.15) is 0 Å². The van der Waals surface area contributed by atoms with Crippen LogP contribution in [0.3, 0.4) is 0 Å². The van der Waals surface area contributed by atoms with Crippen molar-refractivity contribution >= 4 is 28.3 Å². The molecule has 0 amide bonds. The van der Waals surface area contributed by atoms with Gasteiger partial charge in [0.05, 0.1) is 0 Å². The SMILES string of the molecule is C=C(C)C[C@@H](N)c1cc(F)ccc1Br.Cl. The standard InChI is InChI=1S/C11H13BrFN.ClH/c1-7(2)5-11(14)9-6-8(13)3-4-10(9)12;/h3-4,6,11H,1,5,14H2,2H3;1H/t11-;/m1./s1. The lowest BCUT2D eigenvalue weighted by molar-refractivity contribution is 0.617. The van der Waals surface area contributed by atoms with E-state index in [1.54, 1.807) is 6.07 Å². The van der Waals surface area contributed by atoms with Gasteiger partial charge in [0.25, 0.3) is 0 Å². The minimum absolute atomic E-state index is 0. The van der Waals surface area contributed by atoms with Crippen LogP contribution >= 0.6 is 28.3 Å². The smallest absolute Gasteiger partial charge is 0.123 e. The maximum atomic E-state index is 12.9. The molecule has 0 radical (unpaired) electrons. The third-order valence-corrected chi connectivity index (χ3v) is 2.65. The Morgan fingerprint density at radius 1 is 1.60 bits per heavy atom. The summed E-state index contributed by atoms with van der Waals surface area (Å²) in [6, 6.07) is 4.33. The number of hydrogen-bond donors (Lipinski definition) is 1. The fraction of sp³-hybridized carbons (Fsp3) is 0.273. The highest BCUT2D eigenvalue weighted by atomic mass is 79.9. The second-order valence-corrected chi connectivity index (χ2v) is 4.29. The van der Waals surface area contributed by atoms with Crippen molar-refractivity contribution in [2.24, 2.45) is 5.73 Å². The van der Waals surface area contributed by atoms with Crippen molar-refractivity contribution in [3.63, 3.8) is 0 Å². The molecule has 1 rings (SSSR count). The van der Waals surface area contributed by atoms with Crippen molar-refractivity contribution in [1.29, 1.82) is 0 Å². The lowest BCUT2D eigenvalue weighted by Crippen LogP contribution is -2.11. The van der Waals surface area contributed by atoms with E-state index in [2.05, 4.69) is 22.5 Å². The third kappa shape index (κ3) is 4.33. The van der Waals surface area contributed by atoms with E-state index in [-0.39, 0.29) is 24.3 Å². The molecular formula is C11H14BrClFN. The number of rotatable bonds is 3. The molecule has 1 aromatic carbocycles. The minimum Gasteiger partial charge on any atom is -0.324 e. The number of nitrogens with two attached hydrogens (primary N) is 1. The number of hydrogen-bond acceptors (Lipinski definition) is 1. The Morgan fingerprint density at radius 2 is 2.20 bits per heavy atom. The zero-order chi connectivity index (χ0) is 10.7. The molecule has 0 aromatic heterocycles. The molecule has 0 aliphatic heterocycles. The van der Waals surface area contributed by atoms with E-state index in [1.165, 1.54) is 12.1 Å². The zero-order valence-corrected chi connectivity index (χ0v) is 10.9. The molecule has 1 aromatic rings. The Kier molecular flexibility index (Phi) is 6.10. The highest BCUT2D eigenvalue weighted by Gasteiger charge is 2.10. The molecule has 2 N–H and O–H groups in total. The van der Waals surface area contributed by atoms with E-state index in [0.29, 0.717) is 6.42 Å². The van der Waals surface area contributed by atoms with Crippen LogP contribution in [-0.4, -0.2) is 0 Å². The molecule has 0 aliphatic rings. The van der Waals surface area contributed by atoms with Gasteiger partial charge in [0.2, 0.25) is 0 Å². The molecule has 0 bridgehead atoms. The summed E-state index contributed by atoms with van der Waals surface area (Å²) in [5, 5.41) is 0. The molecule has 84 valence electrons. The normalized spacial score (nSPS) is 11.7. The molecular weight excluding hydrogens is 280 g/mol. The van der Waals surface area contributed by atoms with E-state index in [4.69, 9.17) is 5.73 Å². The Bertz CT molecular complexity index is 354. The van der Waals surface area contributed by atoms with E-state index in [9.17, 15) is 4.39 Å². The van der Waals surface area contributed by atoms with Gasteiger partial charge in [0.1, 0.15) is 5.82 Å². The van der Waals surface area contributed by atoms with Crippen LogP contribution in [-0.2, 0) is 0 Å². The highest BCUT2D eigenvalue weighted by molar-refractivity contribution is 9.10. The van der Waals surface area contributed by atoms with Crippen LogP contribution in [0.25, 0.3) is 0 Å². The van der Waals surface area contributed by atoms with Crippen LogP contribution in [0, 0.1) is 5.82 Å². The lowest BCUT2D eigenvalue weighted by Gasteiger charge is -2.13. The largest absolute Gasteiger partial charge is 0.324 e. The Labute approximate surface area is 104 Å². The summed E-state index contributed by atoms with van der Waals surface area (Å²) in [4.78, 5) is 0. The summed E-state index contributed by atoms with van der Waals surface area (Å²) < 4.78 is 13.8. The zero-order valence-electron chi connectivity index (χ0n) is 8.47. The van der Waals surface area contributed by atoms with Crippen molar-refractivity contribution < 1.29 is 4.39 Å². The fourth-order valence-electron chi connectivity index (χ4n) is 1.28. The molecule has 0 heterocycles. The first-order valence-electron chi connectivity index (χ1n) is 4.35. The van der Waals surface area contributed by atoms with Crippen LogP contribution in [0.2, 0.25) is 0 Å². The van der Waals surface area contributed by atoms with Gasteiger partial charge in [-0.05, 0) is 37.1 Å². The predicted octanol–water partition coefficient (Wildman–Crippen LogP) is 3.98. The van der Waals surface area contributed by atoms with Gasteiger partial charge in [0.15, 0.2) is 0 Å². The van der Waals surface area contributed by atoms with E-state index < -0.39 is 0 Å². The quantitative estimate of drug-likeness (QED) is 0.839. The summed E-state index contributed by atoms with van der Waals surface area (Å²) in [7, 11) is 0. The van der Waals surface area contributed by atoms with Gasteiger partial charge in [-0.1, -0.05) is 21.5 Å². The van der Waals surface area contributed by atoms with Crippen LogP contribution in [0.5, 0.6) is 0 Å². The summed E-state index contributed by atoms with van der Waals surface area (Å²) in [6.45, 7) is 5.69. The van der Waals surface area contributed by atoms with Crippen molar-refractivity contribution in [3.05, 3.63) is 46.2 Å². The van der Waals surface area contributed by atoms with E-state index in [1.807, 2.05) is 6.92 Å². The molecule has 15 heavy (non-hydrogen) atoms. The van der Waals surface area contributed by atoms with Crippen molar-refractivity contribution in [2.45, 2.75) is 19.4 Å². The maximum absolute atomic E-state index is 12.9. The molecule has 0 aliphatic carbocycles. The summed E-state index contributed by atoms with van der Waals surface area (Å²) in [5.74, 6) is -0.264. The molecule has 0 saturated carbocycles. The topological polar surface area (TPSA) is 26.0 Å². The summed E-state index contributed by atoms with van der Waals surface area (Å²) in [5.41, 5.74) is 7.69. The first-order valence-corrected chi connectivity index (χ1v) is 5.15. The molecule has 1 nitrogen and oxygen atoms in total. The first kappa shape index (κ1) is 14.6. The summed E-state index contributed by atoms with van der Waals surface area (Å²) in [6.07, 6.45) is 0.669. The third-order valence-electron chi connectivity index (χ3n) is 1.93.